The van der Waals surface area contributed by atoms with E-state index in [0.717, 1.165) is 17.6 Å². The Balaban J connectivity index is 1.84. The highest BCUT2D eigenvalue weighted by Gasteiger charge is 2.71. The summed E-state index contributed by atoms with van der Waals surface area (Å²) in [7, 11) is -0.227. The van der Waals surface area contributed by atoms with Crippen LogP contribution in [0.2, 0.25) is 0 Å². The molecule has 2 N–H and O–H groups in total. The lowest BCUT2D eigenvalue weighted by Crippen LogP contribution is -2.35. The molecule has 1 saturated carbocycles. The summed E-state index contributed by atoms with van der Waals surface area (Å²) in [5.74, 6) is 0. The topological polar surface area (TPSA) is 44.5 Å². The molecule has 2 fully saturated rings. The molecule has 1 aliphatic heterocycles. The molecule has 1 aliphatic carbocycles. The molecule has 1 heterocycles. The maximum Gasteiger partial charge on any atom is 0.494 e. The van der Waals surface area contributed by atoms with Gasteiger partial charge in [-0.25, -0.2) is 0 Å². The van der Waals surface area contributed by atoms with E-state index >= 15 is 0 Å². The Labute approximate surface area is 89.7 Å². The minimum Gasteiger partial charge on any atom is -0.399 e. The summed E-state index contributed by atoms with van der Waals surface area (Å²) in [4.78, 5) is 0. The van der Waals surface area contributed by atoms with Crippen LogP contribution >= 0.6 is 0 Å². The normalized spacial score (nSPS) is 37.9. The number of rotatable bonds is 1. The lowest BCUT2D eigenvalue weighted by molar-refractivity contribution is 0.187. The van der Waals surface area contributed by atoms with E-state index in [-0.39, 0.29) is 18.3 Å². The van der Waals surface area contributed by atoms with Crippen molar-refractivity contribution in [2.24, 2.45) is 0 Å². The molecule has 2 unspecified atom stereocenters. The summed E-state index contributed by atoms with van der Waals surface area (Å²) >= 11 is 0. The number of hydrogen-bond donors (Lipinski definition) is 1. The molecular weight excluding hydrogens is 189 g/mol. The Bertz CT molecular complexity index is 392. The van der Waals surface area contributed by atoms with E-state index in [1.54, 1.807) is 0 Å². The van der Waals surface area contributed by atoms with Crippen LogP contribution in [0.1, 0.15) is 20.3 Å². The van der Waals surface area contributed by atoms with Gasteiger partial charge in [0.05, 0.1) is 11.2 Å². The van der Waals surface area contributed by atoms with Gasteiger partial charge in [-0.15, -0.1) is 0 Å². The predicted octanol–water partition coefficient (Wildman–Crippen LogP) is 0.932. The van der Waals surface area contributed by atoms with Crippen molar-refractivity contribution in [1.82, 2.24) is 0 Å². The Morgan fingerprint density at radius 2 is 1.67 bits per heavy atom. The number of nitrogens with two attached hydrogens (primary N) is 1. The first-order chi connectivity index (χ1) is 7.02. The lowest BCUT2D eigenvalue weighted by Gasteiger charge is -2.10. The molecule has 0 aromatic heterocycles. The summed E-state index contributed by atoms with van der Waals surface area (Å²) < 4.78 is 11.8. The molecule has 1 saturated heterocycles. The van der Waals surface area contributed by atoms with Crippen molar-refractivity contribution < 1.29 is 9.31 Å². The minimum atomic E-state index is -0.227. The van der Waals surface area contributed by atoms with Crippen molar-refractivity contribution in [1.29, 1.82) is 0 Å². The molecule has 1 aromatic rings. The van der Waals surface area contributed by atoms with E-state index in [0.29, 0.717) is 0 Å². The van der Waals surface area contributed by atoms with E-state index in [9.17, 15) is 0 Å². The van der Waals surface area contributed by atoms with Crippen LogP contribution in [0.4, 0.5) is 5.69 Å². The van der Waals surface area contributed by atoms with Crippen molar-refractivity contribution in [2.75, 3.05) is 5.73 Å². The van der Waals surface area contributed by atoms with Crippen LogP contribution in [0.3, 0.4) is 0 Å². The second-order valence-electron chi connectivity index (χ2n) is 4.87. The SMILES string of the molecule is CC12CC1(C)OB(c1ccc(N)cc1)O2. The molecule has 0 amide bonds. The van der Waals surface area contributed by atoms with Crippen LogP contribution in [0.5, 0.6) is 0 Å². The molecule has 0 spiro atoms. The van der Waals surface area contributed by atoms with Gasteiger partial charge >= 0.3 is 7.12 Å². The zero-order valence-corrected chi connectivity index (χ0v) is 8.99. The van der Waals surface area contributed by atoms with Crippen molar-refractivity contribution in [3.05, 3.63) is 24.3 Å². The molecule has 0 radical (unpaired) electrons. The van der Waals surface area contributed by atoms with Gasteiger partial charge in [0.1, 0.15) is 0 Å². The van der Waals surface area contributed by atoms with E-state index in [1.165, 1.54) is 0 Å². The predicted molar refractivity (Wildman–Crippen MR) is 59.8 cm³/mol. The standard InChI is InChI=1S/C11H14BNO2/c1-10-7-11(10,2)15-12(14-10)8-3-5-9(13)6-4-8/h3-6H,7,13H2,1-2H3. The molecule has 2 atom stereocenters. The average Bonchev–Trinajstić information content (AvgIpc) is 2.57. The van der Waals surface area contributed by atoms with Crippen molar-refractivity contribution in [3.8, 4) is 0 Å². The van der Waals surface area contributed by atoms with Crippen LogP contribution in [0, 0.1) is 0 Å². The second-order valence-corrected chi connectivity index (χ2v) is 4.87. The lowest BCUT2D eigenvalue weighted by atomic mass is 9.79. The molecule has 15 heavy (non-hydrogen) atoms. The quantitative estimate of drug-likeness (QED) is 0.545. The Morgan fingerprint density at radius 1 is 1.13 bits per heavy atom. The van der Waals surface area contributed by atoms with Gasteiger partial charge < -0.3 is 15.0 Å². The number of anilines is 1. The van der Waals surface area contributed by atoms with Gasteiger partial charge in [-0.2, -0.15) is 0 Å². The van der Waals surface area contributed by atoms with E-state index in [4.69, 9.17) is 15.0 Å². The fourth-order valence-corrected chi connectivity index (χ4v) is 2.22. The van der Waals surface area contributed by atoms with E-state index in [1.807, 2.05) is 24.3 Å². The van der Waals surface area contributed by atoms with Crippen LogP contribution < -0.4 is 11.2 Å². The molecular formula is C11H14BNO2. The first-order valence-electron chi connectivity index (χ1n) is 5.24. The maximum atomic E-state index is 5.89. The third-order valence-electron chi connectivity index (χ3n) is 3.61. The highest BCUT2D eigenvalue weighted by atomic mass is 16.7. The highest BCUT2D eigenvalue weighted by Crippen LogP contribution is 2.58. The molecule has 2 aliphatic rings. The van der Waals surface area contributed by atoms with E-state index in [2.05, 4.69) is 13.8 Å². The average molecular weight is 203 g/mol. The summed E-state index contributed by atoms with van der Waals surface area (Å²) in [5.41, 5.74) is 7.27. The van der Waals surface area contributed by atoms with Gasteiger partial charge in [0.2, 0.25) is 0 Å². The second kappa shape index (κ2) is 2.57. The zero-order chi connectivity index (χ0) is 10.7. The largest absolute Gasteiger partial charge is 0.494 e. The van der Waals surface area contributed by atoms with Gasteiger partial charge in [-0.1, -0.05) is 12.1 Å². The highest BCUT2D eigenvalue weighted by molar-refractivity contribution is 6.62. The first kappa shape index (κ1) is 9.25. The summed E-state index contributed by atoms with van der Waals surface area (Å²) in [6, 6.07) is 7.66. The first-order valence-corrected chi connectivity index (χ1v) is 5.24. The Hall–Kier alpha value is -0.995. The molecule has 4 heteroatoms. The van der Waals surface area contributed by atoms with Gasteiger partial charge in [0.25, 0.3) is 0 Å². The fraction of sp³-hybridized carbons (Fsp3) is 0.455. The molecule has 3 nitrogen and oxygen atoms in total. The number of nitrogen functional groups attached to an aromatic ring is 1. The zero-order valence-electron chi connectivity index (χ0n) is 8.99. The molecule has 0 bridgehead atoms. The van der Waals surface area contributed by atoms with Gasteiger partial charge in [-0.05, 0) is 31.4 Å². The maximum absolute atomic E-state index is 5.89. The third kappa shape index (κ3) is 1.21. The summed E-state index contributed by atoms with van der Waals surface area (Å²) in [5, 5.41) is 0. The smallest absolute Gasteiger partial charge is 0.399 e. The fourth-order valence-electron chi connectivity index (χ4n) is 2.22. The summed E-state index contributed by atoms with van der Waals surface area (Å²) in [6.07, 6.45) is 0.992. The minimum absolute atomic E-state index is 0.0843. The van der Waals surface area contributed by atoms with Crippen LogP contribution in [0.15, 0.2) is 24.3 Å². The van der Waals surface area contributed by atoms with Crippen LogP contribution in [-0.4, -0.2) is 18.3 Å². The number of hydrogen-bond acceptors (Lipinski definition) is 3. The van der Waals surface area contributed by atoms with Crippen molar-refractivity contribution in [2.45, 2.75) is 31.5 Å². The summed E-state index contributed by atoms with van der Waals surface area (Å²) in [6.45, 7) is 4.20. The van der Waals surface area contributed by atoms with E-state index < -0.39 is 0 Å². The third-order valence-corrected chi connectivity index (χ3v) is 3.61. The number of fused-ring (bicyclic) bond motifs is 1. The van der Waals surface area contributed by atoms with Gasteiger partial charge in [0, 0.05) is 12.1 Å². The molecule has 78 valence electrons. The van der Waals surface area contributed by atoms with Crippen molar-refractivity contribution >= 4 is 18.3 Å². The monoisotopic (exact) mass is 203 g/mol. The Morgan fingerprint density at radius 3 is 2.20 bits per heavy atom. The Kier molecular flexibility index (Phi) is 1.58. The van der Waals surface area contributed by atoms with Gasteiger partial charge in [0.15, 0.2) is 0 Å². The number of benzene rings is 1. The van der Waals surface area contributed by atoms with Crippen molar-refractivity contribution in [3.63, 3.8) is 0 Å². The van der Waals surface area contributed by atoms with Crippen LogP contribution in [-0.2, 0) is 9.31 Å². The molecule has 1 aromatic carbocycles. The molecule has 3 rings (SSSR count). The van der Waals surface area contributed by atoms with Gasteiger partial charge in [-0.3, -0.25) is 0 Å². The van der Waals surface area contributed by atoms with Crippen LogP contribution in [0.25, 0.3) is 0 Å².